The fraction of sp³-hybridized carbons (Fsp3) is 0.333. The molecule has 1 aliphatic carbocycles. The van der Waals surface area contributed by atoms with Crippen LogP contribution in [0, 0.1) is 0 Å². The summed E-state index contributed by atoms with van der Waals surface area (Å²) in [6.45, 7) is 2.49. The summed E-state index contributed by atoms with van der Waals surface area (Å²) in [5.74, 6) is 0. The molecule has 0 aliphatic heterocycles. The van der Waals surface area contributed by atoms with Gasteiger partial charge in [-0.3, -0.25) is 9.59 Å². The van der Waals surface area contributed by atoms with Gasteiger partial charge >= 0.3 is 0 Å². The predicted molar refractivity (Wildman–Crippen MR) is 83.8 cm³/mol. The van der Waals surface area contributed by atoms with Crippen LogP contribution in [0.5, 0.6) is 0 Å². The molecule has 0 saturated carbocycles. The second-order valence-electron chi connectivity index (χ2n) is 5.53. The van der Waals surface area contributed by atoms with Crippen molar-refractivity contribution in [2.24, 2.45) is 0 Å². The lowest BCUT2D eigenvalue weighted by atomic mass is 9.90. The summed E-state index contributed by atoms with van der Waals surface area (Å²) in [7, 11) is 0. The normalized spacial score (nSPS) is 13.8. The molecular formula is C18H19NO2. The van der Waals surface area contributed by atoms with Crippen LogP contribution in [0.1, 0.15) is 41.3 Å². The van der Waals surface area contributed by atoms with Crippen LogP contribution in [0.15, 0.2) is 35.1 Å². The Hall–Kier alpha value is -2.16. The van der Waals surface area contributed by atoms with E-state index in [9.17, 15) is 9.59 Å². The summed E-state index contributed by atoms with van der Waals surface area (Å²) >= 11 is 0. The van der Waals surface area contributed by atoms with Crippen molar-refractivity contribution in [1.82, 2.24) is 4.57 Å². The highest BCUT2D eigenvalue weighted by Gasteiger charge is 2.13. The Labute approximate surface area is 124 Å². The summed E-state index contributed by atoms with van der Waals surface area (Å²) in [6, 6.07) is 9.97. The van der Waals surface area contributed by atoms with Gasteiger partial charge in [0.1, 0.15) is 0 Å². The van der Waals surface area contributed by atoms with Crippen molar-refractivity contribution in [2.45, 2.75) is 39.2 Å². The van der Waals surface area contributed by atoms with Gasteiger partial charge in [-0.1, -0.05) is 12.1 Å². The summed E-state index contributed by atoms with van der Waals surface area (Å²) < 4.78 is 1.67. The Balaban J connectivity index is 2.14. The van der Waals surface area contributed by atoms with E-state index in [1.54, 1.807) is 10.6 Å². The van der Waals surface area contributed by atoms with E-state index < -0.39 is 0 Å². The van der Waals surface area contributed by atoms with Gasteiger partial charge in [0.2, 0.25) is 0 Å². The van der Waals surface area contributed by atoms with Crippen LogP contribution >= 0.6 is 0 Å². The maximum absolute atomic E-state index is 12.2. The van der Waals surface area contributed by atoms with Gasteiger partial charge in [-0.05, 0) is 67.5 Å². The molecule has 0 fully saturated rings. The molecule has 0 spiro atoms. The zero-order valence-corrected chi connectivity index (χ0v) is 12.3. The van der Waals surface area contributed by atoms with E-state index in [1.165, 1.54) is 24.0 Å². The first-order valence-electron chi connectivity index (χ1n) is 7.55. The first kappa shape index (κ1) is 13.8. The largest absolute Gasteiger partial charge is 0.308 e. The third kappa shape index (κ3) is 2.44. The lowest BCUT2D eigenvalue weighted by Crippen LogP contribution is -2.24. The van der Waals surface area contributed by atoms with Crippen LogP contribution in [0.3, 0.4) is 0 Å². The minimum atomic E-state index is -0.206. The van der Waals surface area contributed by atoms with Gasteiger partial charge in [-0.15, -0.1) is 0 Å². The lowest BCUT2D eigenvalue weighted by Gasteiger charge is -2.18. The maximum atomic E-state index is 12.2. The van der Waals surface area contributed by atoms with Crippen LogP contribution in [-0.4, -0.2) is 10.9 Å². The van der Waals surface area contributed by atoms with Crippen molar-refractivity contribution in [3.8, 4) is 11.3 Å². The number of aryl methyl sites for hydroxylation is 2. The monoisotopic (exact) mass is 281 g/mol. The van der Waals surface area contributed by atoms with E-state index in [4.69, 9.17) is 0 Å². The van der Waals surface area contributed by atoms with Gasteiger partial charge in [0.15, 0.2) is 6.29 Å². The number of pyridine rings is 1. The third-order valence-electron chi connectivity index (χ3n) is 4.29. The highest BCUT2D eigenvalue weighted by molar-refractivity contribution is 5.75. The van der Waals surface area contributed by atoms with Crippen LogP contribution in [-0.2, 0) is 19.4 Å². The van der Waals surface area contributed by atoms with Gasteiger partial charge < -0.3 is 4.57 Å². The maximum Gasteiger partial charge on any atom is 0.261 e. The van der Waals surface area contributed by atoms with Crippen molar-refractivity contribution in [3.05, 3.63) is 57.4 Å². The first-order chi connectivity index (χ1) is 10.2. The molecule has 1 aliphatic rings. The van der Waals surface area contributed by atoms with Gasteiger partial charge in [-0.25, -0.2) is 0 Å². The van der Waals surface area contributed by atoms with Crippen LogP contribution in [0.2, 0.25) is 0 Å². The molecule has 0 radical (unpaired) electrons. The van der Waals surface area contributed by atoms with Crippen LogP contribution < -0.4 is 5.56 Å². The number of carbonyl (C=O) groups excluding carboxylic acids is 1. The number of aromatic nitrogens is 1. The highest BCUT2D eigenvalue weighted by Crippen LogP contribution is 2.27. The number of aldehydes is 1. The summed E-state index contributed by atoms with van der Waals surface area (Å²) in [5.41, 5.74) is 4.79. The second kappa shape index (κ2) is 5.68. The molecule has 0 unspecified atom stereocenters. The number of nitrogens with zero attached hydrogens (tertiary/aromatic N) is 1. The van der Waals surface area contributed by atoms with Crippen molar-refractivity contribution < 1.29 is 4.79 Å². The van der Waals surface area contributed by atoms with Crippen molar-refractivity contribution in [3.63, 3.8) is 0 Å². The fourth-order valence-electron chi connectivity index (χ4n) is 3.14. The number of benzene rings is 1. The van der Waals surface area contributed by atoms with Gasteiger partial charge in [0.05, 0.1) is 11.3 Å². The Morgan fingerprint density at radius 1 is 1.10 bits per heavy atom. The number of hydrogen-bond donors (Lipinski definition) is 0. The predicted octanol–water partition coefficient (Wildman–Crippen LogP) is 3.23. The van der Waals surface area contributed by atoms with E-state index in [1.807, 2.05) is 13.0 Å². The highest BCUT2D eigenvalue weighted by atomic mass is 16.1. The zero-order chi connectivity index (χ0) is 14.8. The van der Waals surface area contributed by atoms with E-state index >= 15 is 0 Å². The molecule has 3 nitrogen and oxygen atoms in total. The number of carbonyl (C=O) groups is 1. The quantitative estimate of drug-likeness (QED) is 0.810. The Bertz CT molecular complexity index is 743. The Kier molecular flexibility index (Phi) is 3.74. The number of fused-ring (bicyclic) bond motifs is 1. The summed E-state index contributed by atoms with van der Waals surface area (Å²) in [4.78, 5) is 23.2. The van der Waals surface area contributed by atoms with Crippen LogP contribution in [0.25, 0.3) is 11.3 Å². The van der Waals surface area contributed by atoms with E-state index in [2.05, 4.69) is 18.2 Å². The standard InChI is InChI=1S/C18H19NO2/c1-2-19-17(10-9-16(12-20)18(19)21)15-8-7-13-5-3-4-6-14(13)11-15/h7-12H,2-6H2,1H3. The topological polar surface area (TPSA) is 39.1 Å². The SMILES string of the molecule is CCn1c(-c2ccc3c(c2)CCCC3)ccc(C=O)c1=O. The van der Waals surface area contributed by atoms with Crippen LogP contribution in [0.4, 0.5) is 0 Å². The average molecular weight is 281 g/mol. The van der Waals surface area contributed by atoms with E-state index in [-0.39, 0.29) is 11.1 Å². The summed E-state index contributed by atoms with van der Waals surface area (Å²) in [6.07, 6.45) is 5.40. The van der Waals surface area contributed by atoms with Crippen molar-refractivity contribution in [2.75, 3.05) is 0 Å². The average Bonchev–Trinajstić information content (AvgIpc) is 2.54. The molecule has 0 N–H and O–H groups in total. The zero-order valence-electron chi connectivity index (χ0n) is 12.3. The minimum Gasteiger partial charge on any atom is -0.308 e. The van der Waals surface area contributed by atoms with Gasteiger partial charge in [0, 0.05) is 6.54 Å². The van der Waals surface area contributed by atoms with Gasteiger partial charge in [0.25, 0.3) is 5.56 Å². The third-order valence-corrected chi connectivity index (χ3v) is 4.29. The van der Waals surface area contributed by atoms with E-state index in [0.29, 0.717) is 12.8 Å². The molecule has 1 aromatic carbocycles. The first-order valence-corrected chi connectivity index (χ1v) is 7.55. The lowest BCUT2D eigenvalue weighted by molar-refractivity contribution is 0.112. The smallest absolute Gasteiger partial charge is 0.261 e. The molecule has 1 aromatic heterocycles. The minimum absolute atomic E-state index is 0.206. The second-order valence-corrected chi connectivity index (χ2v) is 5.53. The molecule has 0 amide bonds. The van der Waals surface area contributed by atoms with Gasteiger partial charge in [-0.2, -0.15) is 0 Å². The number of hydrogen-bond acceptors (Lipinski definition) is 2. The number of rotatable bonds is 3. The molecule has 21 heavy (non-hydrogen) atoms. The molecule has 0 bridgehead atoms. The summed E-state index contributed by atoms with van der Waals surface area (Å²) in [5, 5.41) is 0. The molecule has 0 atom stereocenters. The molecule has 0 saturated heterocycles. The molecule has 108 valence electrons. The molecular weight excluding hydrogens is 262 g/mol. The molecule has 2 aromatic rings. The molecule has 3 rings (SSSR count). The fourth-order valence-corrected chi connectivity index (χ4v) is 3.14. The Morgan fingerprint density at radius 3 is 2.57 bits per heavy atom. The molecule has 3 heteroatoms. The van der Waals surface area contributed by atoms with Crippen molar-refractivity contribution >= 4 is 6.29 Å². The molecule has 1 heterocycles. The Morgan fingerprint density at radius 2 is 1.86 bits per heavy atom. The van der Waals surface area contributed by atoms with Crippen molar-refractivity contribution in [1.29, 1.82) is 0 Å². The van der Waals surface area contributed by atoms with E-state index in [0.717, 1.165) is 24.1 Å².